The van der Waals surface area contributed by atoms with E-state index < -0.39 is 0 Å². The monoisotopic (exact) mass is 238 g/mol. The number of nitrogens with zero attached hydrogens (tertiary/aromatic N) is 2. The molecule has 1 atom stereocenters. The van der Waals surface area contributed by atoms with E-state index in [1.807, 2.05) is 38.7 Å². The van der Waals surface area contributed by atoms with Crippen molar-refractivity contribution in [1.29, 1.82) is 0 Å². The van der Waals surface area contributed by atoms with Crippen molar-refractivity contribution in [2.45, 2.75) is 46.3 Å². The summed E-state index contributed by atoms with van der Waals surface area (Å²) in [5.74, 6) is 0.0531. The number of aromatic nitrogens is 2. The van der Waals surface area contributed by atoms with Crippen LogP contribution in [0, 0.1) is 6.92 Å². The summed E-state index contributed by atoms with van der Waals surface area (Å²) in [5, 5.41) is 10.3. The Balaban J connectivity index is 2.44. The van der Waals surface area contributed by atoms with Gasteiger partial charge in [0.05, 0.1) is 12.2 Å². The van der Waals surface area contributed by atoms with E-state index in [0.717, 1.165) is 17.8 Å². The second kappa shape index (κ2) is 6.39. The summed E-state index contributed by atoms with van der Waals surface area (Å²) < 4.78 is 1.88. The minimum absolute atomic E-state index is 0.0531. The van der Waals surface area contributed by atoms with Gasteiger partial charge in [-0.1, -0.05) is 0 Å². The van der Waals surface area contributed by atoms with Crippen LogP contribution in [0.3, 0.4) is 0 Å². The molecule has 5 nitrogen and oxygen atoms in total. The molecule has 0 bridgehead atoms. The van der Waals surface area contributed by atoms with Crippen LogP contribution in [0.5, 0.6) is 0 Å². The van der Waals surface area contributed by atoms with Gasteiger partial charge in [0.1, 0.15) is 0 Å². The zero-order valence-corrected chi connectivity index (χ0v) is 11.1. The topological polar surface area (TPSA) is 59.0 Å². The van der Waals surface area contributed by atoms with E-state index in [1.165, 1.54) is 0 Å². The van der Waals surface area contributed by atoms with Crippen LogP contribution in [0.4, 0.5) is 0 Å². The van der Waals surface area contributed by atoms with Gasteiger partial charge in [-0.15, -0.1) is 0 Å². The van der Waals surface area contributed by atoms with Crippen LogP contribution in [0.1, 0.15) is 31.5 Å². The number of carbonyl (C=O) groups excluding carboxylic acids is 1. The summed E-state index contributed by atoms with van der Waals surface area (Å²) >= 11 is 0. The molecule has 0 saturated carbocycles. The van der Waals surface area contributed by atoms with E-state index in [0.29, 0.717) is 13.0 Å². The van der Waals surface area contributed by atoms with E-state index >= 15 is 0 Å². The van der Waals surface area contributed by atoms with Crippen LogP contribution < -0.4 is 10.6 Å². The third-order valence-corrected chi connectivity index (χ3v) is 2.81. The molecule has 5 heteroatoms. The number of hydrogen-bond donors (Lipinski definition) is 2. The molecular formula is C12H22N4O. The lowest BCUT2D eigenvalue weighted by atomic mass is 10.2. The van der Waals surface area contributed by atoms with Gasteiger partial charge in [0, 0.05) is 25.2 Å². The van der Waals surface area contributed by atoms with Crippen LogP contribution in [0.2, 0.25) is 0 Å². The highest BCUT2D eigenvalue weighted by Crippen LogP contribution is 2.04. The van der Waals surface area contributed by atoms with Gasteiger partial charge in [-0.05, 0) is 33.4 Å². The van der Waals surface area contributed by atoms with Gasteiger partial charge < -0.3 is 10.6 Å². The average molecular weight is 238 g/mol. The normalized spacial score (nSPS) is 12.5. The number of carbonyl (C=O) groups is 1. The molecule has 96 valence electrons. The minimum Gasteiger partial charge on any atom is -0.350 e. The third kappa shape index (κ3) is 4.19. The number of aryl methyl sites for hydroxylation is 2. The Morgan fingerprint density at radius 2 is 2.29 bits per heavy atom. The number of hydrogen-bond acceptors (Lipinski definition) is 3. The van der Waals surface area contributed by atoms with Crippen LogP contribution in [0.25, 0.3) is 0 Å². The van der Waals surface area contributed by atoms with Crippen molar-refractivity contribution < 1.29 is 4.79 Å². The number of rotatable bonds is 6. The van der Waals surface area contributed by atoms with Gasteiger partial charge in [0.25, 0.3) is 0 Å². The highest BCUT2D eigenvalue weighted by molar-refractivity contribution is 5.76. The maximum atomic E-state index is 11.6. The van der Waals surface area contributed by atoms with Crippen molar-refractivity contribution >= 4 is 5.91 Å². The fourth-order valence-electron chi connectivity index (χ4n) is 1.53. The Morgan fingerprint density at radius 1 is 1.59 bits per heavy atom. The Morgan fingerprint density at radius 3 is 2.82 bits per heavy atom. The molecule has 1 heterocycles. The Labute approximate surface area is 103 Å². The minimum atomic E-state index is 0.0531. The average Bonchev–Trinajstić information content (AvgIpc) is 2.67. The molecule has 0 aliphatic carbocycles. The van der Waals surface area contributed by atoms with Gasteiger partial charge in [0.15, 0.2) is 0 Å². The quantitative estimate of drug-likeness (QED) is 0.771. The van der Waals surface area contributed by atoms with Crippen LogP contribution in [0.15, 0.2) is 6.20 Å². The van der Waals surface area contributed by atoms with E-state index in [4.69, 9.17) is 0 Å². The zero-order chi connectivity index (χ0) is 12.8. The molecule has 1 rings (SSSR count). The first-order valence-corrected chi connectivity index (χ1v) is 6.03. The van der Waals surface area contributed by atoms with Crippen molar-refractivity contribution in [3.8, 4) is 0 Å². The van der Waals surface area contributed by atoms with Crippen LogP contribution in [-0.4, -0.2) is 28.8 Å². The van der Waals surface area contributed by atoms with E-state index in [1.54, 1.807) is 0 Å². The standard InChI is InChI=1S/C12H22N4O/c1-5-16-8-9(2)11(15-16)7-14-12(17)6-10(3)13-4/h8,10,13H,5-7H2,1-4H3,(H,14,17). The van der Waals surface area contributed by atoms with Gasteiger partial charge in [-0.3, -0.25) is 9.48 Å². The van der Waals surface area contributed by atoms with Crippen molar-refractivity contribution in [3.63, 3.8) is 0 Å². The molecule has 0 aliphatic rings. The second-order valence-corrected chi connectivity index (χ2v) is 4.29. The summed E-state index contributed by atoms with van der Waals surface area (Å²) in [6, 6.07) is 0.198. The molecule has 0 saturated heterocycles. The maximum absolute atomic E-state index is 11.6. The van der Waals surface area contributed by atoms with Gasteiger partial charge in [0.2, 0.25) is 5.91 Å². The maximum Gasteiger partial charge on any atom is 0.221 e. The first-order valence-electron chi connectivity index (χ1n) is 6.03. The predicted octanol–water partition coefficient (Wildman–Crippen LogP) is 0.826. The van der Waals surface area contributed by atoms with E-state index in [9.17, 15) is 4.79 Å². The molecule has 1 aromatic heterocycles. The first-order chi connectivity index (χ1) is 8.06. The first kappa shape index (κ1) is 13.7. The molecule has 2 N–H and O–H groups in total. The Hall–Kier alpha value is -1.36. The van der Waals surface area contributed by atoms with Gasteiger partial charge in [-0.25, -0.2) is 0 Å². The fourth-order valence-corrected chi connectivity index (χ4v) is 1.53. The lowest BCUT2D eigenvalue weighted by molar-refractivity contribution is -0.121. The highest BCUT2D eigenvalue weighted by Gasteiger charge is 2.09. The van der Waals surface area contributed by atoms with Crippen LogP contribution >= 0.6 is 0 Å². The molecular weight excluding hydrogens is 216 g/mol. The third-order valence-electron chi connectivity index (χ3n) is 2.81. The molecule has 0 radical (unpaired) electrons. The number of nitrogens with one attached hydrogen (secondary N) is 2. The number of amides is 1. The smallest absolute Gasteiger partial charge is 0.221 e. The lowest BCUT2D eigenvalue weighted by Crippen LogP contribution is -2.31. The molecule has 0 aromatic carbocycles. The van der Waals surface area contributed by atoms with Crippen LogP contribution in [-0.2, 0) is 17.9 Å². The highest BCUT2D eigenvalue weighted by atomic mass is 16.1. The van der Waals surface area contributed by atoms with E-state index in [2.05, 4.69) is 15.7 Å². The molecule has 17 heavy (non-hydrogen) atoms. The summed E-state index contributed by atoms with van der Waals surface area (Å²) in [5.41, 5.74) is 2.06. The molecule has 1 aromatic rings. The SMILES string of the molecule is CCn1cc(C)c(CNC(=O)CC(C)NC)n1. The zero-order valence-electron chi connectivity index (χ0n) is 11.1. The Bertz CT molecular complexity index is 373. The van der Waals surface area contributed by atoms with Crippen molar-refractivity contribution in [1.82, 2.24) is 20.4 Å². The lowest BCUT2D eigenvalue weighted by Gasteiger charge is -2.09. The molecule has 0 fully saturated rings. The van der Waals surface area contributed by atoms with Crippen molar-refractivity contribution in [2.75, 3.05) is 7.05 Å². The molecule has 0 spiro atoms. The summed E-state index contributed by atoms with van der Waals surface area (Å²) in [4.78, 5) is 11.6. The molecule has 0 aliphatic heterocycles. The summed E-state index contributed by atoms with van der Waals surface area (Å²) in [6.45, 7) is 7.40. The molecule has 1 amide bonds. The Kier molecular flexibility index (Phi) is 5.15. The van der Waals surface area contributed by atoms with Crippen molar-refractivity contribution in [3.05, 3.63) is 17.5 Å². The largest absolute Gasteiger partial charge is 0.350 e. The van der Waals surface area contributed by atoms with E-state index in [-0.39, 0.29) is 11.9 Å². The fraction of sp³-hybridized carbons (Fsp3) is 0.667. The molecule has 1 unspecified atom stereocenters. The van der Waals surface area contributed by atoms with Gasteiger partial charge in [-0.2, -0.15) is 5.10 Å². The predicted molar refractivity (Wildman–Crippen MR) is 67.6 cm³/mol. The summed E-state index contributed by atoms with van der Waals surface area (Å²) in [6.07, 6.45) is 2.49. The van der Waals surface area contributed by atoms with Gasteiger partial charge >= 0.3 is 0 Å². The second-order valence-electron chi connectivity index (χ2n) is 4.29. The summed E-state index contributed by atoms with van der Waals surface area (Å²) in [7, 11) is 1.85. The van der Waals surface area contributed by atoms with Crippen molar-refractivity contribution in [2.24, 2.45) is 0 Å².